The minimum absolute atomic E-state index is 0.533. The molecule has 3 rings (SSSR count). The van der Waals surface area contributed by atoms with Gasteiger partial charge in [0.2, 0.25) is 0 Å². The Morgan fingerprint density at radius 1 is 1.08 bits per heavy atom. The Morgan fingerprint density at radius 3 is 2.62 bits per heavy atom. The van der Waals surface area contributed by atoms with E-state index in [1.165, 1.54) is 0 Å². The molecule has 3 aromatic rings. The number of rotatable bonds is 6. The quantitative estimate of drug-likeness (QED) is 0.749. The Bertz CT molecular complexity index is 903. The largest absolute Gasteiger partial charge is 0.369 e. The molecule has 0 aliphatic rings. The maximum atomic E-state index is 12.1. The lowest BCUT2D eigenvalue weighted by Gasteiger charge is -2.08. The van der Waals surface area contributed by atoms with Gasteiger partial charge >= 0.3 is 0 Å². The van der Waals surface area contributed by atoms with Crippen LogP contribution >= 0.6 is 0 Å². The van der Waals surface area contributed by atoms with Crippen LogP contribution in [0.1, 0.15) is 11.1 Å². The van der Waals surface area contributed by atoms with Gasteiger partial charge in [0.05, 0.1) is 17.1 Å². The number of fused-ring (bicyclic) bond motifs is 1. The summed E-state index contributed by atoms with van der Waals surface area (Å²) in [6, 6.07) is 21.3. The summed E-state index contributed by atoms with van der Waals surface area (Å²) in [4.78, 5) is 4.50. The smallest absolute Gasteiger partial charge is 0.128 e. The van der Waals surface area contributed by atoms with E-state index in [2.05, 4.69) is 16.4 Å². The molecule has 24 heavy (non-hydrogen) atoms. The normalized spacial score (nSPS) is 11.8. The maximum Gasteiger partial charge on any atom is 0.128 e. The van der Waals surface area contributed by atoms with Crippen LogP contribution in [0.5, 0.6) is 0 Å². The average molecular weight is 335 g/mol. The van der Waals surface area contributed by atoms with Gasteiger partial charge in [0.25, 0.3) is 0 Å². The first kappa shape index (κ1) is 16.2. The van der Waals surface area contributed by atoms with Gasteiger partial charge in [0.15, 0.2) is 0 Å². The van der Waals surface area contributed by atoms with E-state index in [0.717, 1.165) is 16.5 Å². The highest BCUT2D eigenvalue weighted by Crippen LogP contribution is 2.19. The Labute approximate surface area is 143 Å². The molecule has 0 saturated carbocycles. The molecule has 5 heteroatoms. The molecular weight excluding hydrogens is 318 g/mol. The Balaban J connectivity index is 1.62. The van der Waals surface area contributed by atoms with Crippen molar-refractivity contribution in [1.82, 2.24) is 4.98 Å². The monoisotopic (exact) mass is 335 g/mol. The molecule has 4 nitrogen and oxygen atoms in total. The number of nitrogens with one attached hydrogen (secondary N) is 1. The van der Waals surface area contributed by atoms with Gasteiger partial charge in [-0.2, -0.15) is 5.26 Å². The van der Waals surface area contributed by atoms with Gasteiger partial charge < -0.3 is 5.32 Å². The van der Waals surface area contributed by atoms with E-state index in [-0.39, 0.29) is 0 Å². The van der Waals surface area contributed by atoms with Crippen molar-refractivity contribution in [2.45, 2.75) is 5.75 Å². The lowest BCUT2D eigenvalue weighted by atomic mass is 10.1. The van der Waals surface area contributed by atoms with Crippen LogP contribution in [0.15, 0.2) is 60.7 Å². The average Bonchev–Trinajstić information content (AvgIpc) is 2.62. The zero-order valence-corrected chi connectivity index (χ0v) is 13.9. The summed E-state index contributed by atoms with van der Waals surface area (Å²) in [5.74, 6) is 1.73. The predicted molar refractivity (Wildman–Crippen MR) is 98.1 cm³/mol. The van der Waals surface area contributed by atoms with Crippen LogP contribution in [0, 0.1) is 11.3 Å². The van der Waals surface area contributed by atoms with Crippen LogP contribution in [-0.2, 0) is 16.6 Å². The van der Waals surface area contributed by atoms with E-state index in [1.807, 2.05) is 54.6 Å². The minimum Gasteiger partial charge on any atom is -0.369 e. The molecular formula is C19H17N3OS. The van der Waals surface area contributed by atoms with Gasteiger partial charge in [0.1, 0.15) is 5.82 Å². The molecule has 1 N–H and O–H groups in total. The number of hydrogen-bond acceptors (Lipinski definition) is 4. The number of para-hydroxylation sites is 1. The molecule has 0 saturated heterocycles. The fourth-order valence-electron chi connectivity index (χ4n) is 2.48. The highest BCUT2D eigenvalue weighted by molar-refractivity contribution is 7.84. The fraction of sp³-hybridized carbons (Fsp3) is 0.158. The Hall–Kier alpha value is -2.71. The van der Waals surface area contributed by atoms with E-state index in [0.29, 0.717) is 29.4 Å². The molecule has 0 radical (unpaired) electrons. The molecule has 0 unspecified atom stereocenters. The molecule has 0 fully saturated rings. The van der Waals surface area contributed by atoms with Crippen molar-refractivity contribution in [1.29, 1.82) is 5.26 Å². The van der Waals surface area contributed by atoms with Crippen molar-refractivity contribution in [3.8, 4) is 6.07 Å². The first-order chi connectivity index (χ1) is 11.8. The second kappa shape index (κ2) is 7.71. The minimum atomic E-state index is -0.934. The molecule has 0 aliphatic heterocycles. The van der Waals surface area contributed by atoms with Gasteiger partial charge in [-0.3, -0.25) is 4.21 Å². The van der Waals surface area contributed by atoms with Gasteiger partial charge in [-0.05, 0) is 17.7 Å². The summed E-state index contributed by atoms with van der Waals surface area (Å²) in [5, 5.41) is 13.3. The number of pyridine rings is 1. The van der Waals surface area contributed by atoms with Gasteiger partial charge in [-0.25, -0.2) is 4.98 Å². The third kappa shape index (κ3) is 3.98. The Kier molecular flexibility index (Phi) is 5.19. The van der Waals surface area contributed by atoms with E-state index in [4.69, 9.17) is 0 Å². The van der Waals surface area contributed by atoms with Crippen molar-refractivity contribution >= 4 is 27.5 Å². The number of benzene rings is 2. The summed E-state index contributed by atoms with van der Waals surface area (Å²) in [7, 11) is -0.934. The summed E-state index contributed by atoms with van der Waals surface area (Å²) < 4.78 is 12.1. The molecule has 0 amide bonds. The predicted octanol–water partition coefficient (Wildman–Crippen LogP) is 3.47. The first-order valence-corrected chi connectivity index (χ1v) is 9.18. The molecule has 0 spiro atoms. The van der Waals surface area contributed by atoms with Gasteiger partial charge in [-0.1, -0.05) is 48.5 Å². The number of nitriles is 1. The SMILES string of the molecule is N#Cc1cc(NCC[S@@](=O)Cc2ccccc2)nc2ccccc12. The lowest BCUT2D eigenvalue weighted by molar-refractivity contribution is 0.682. The van der Waals surface area contributed by atoms with E-state index in [9.17, 15) is 9.47 Å². The van der Waals surface area contributed by atoms with E-state index in [1.54, 1.807) is 6.07 Å². The number of anilines is 1. The zero-order valence-electron chi connectivity index (χ0n) is 13.1. The molecule has 2 aromatic carbocycles. The highest BCUT2D eigenvalue weighted by Gasteiger charge is 2.06. The molecule has 120 valence electrons. The standard InChI is InChI=1S/C19H17N3OS/c20-13-16-12-19(22-18-9-5-4-8-17(16)18)21-10-11-24(23)14-15-6-2-1-3-7-15/h1-9,12H,10-11,14H2,(H,21,22)/t24-/m1/s1. The summed E-state index contributed by atoms with van der Waals surface area (Å²) in [6.07, 6.45) is 0. The Morgan fingerprint density at radius 2 is 1.83 bits per heavy atom. The van der Waals surface area contributed by atoms with E-state index >= 15 is 0 Å². The molecule has 0 aliphatic carbocycles. The van der Waals surface area contributed by atoms with Crippen LogP contribution in [0.2, 0.25) is 0 Å². The third-order valence-corrected chi connectivity index (χ3v) is 4.96. The van der Waals surface area contributed by atoms with Crippen LogP contribution in [0.25, 0.3) is 10.9 Å². The fourth-order valence-corrected chi connectivity index (χ4v) is 3.52. The second-order valence-electron chi connectivity index (χ2n) is 5.38. The number of aromatic nitrogens is 1. The summed E-state index contributed by atoms with van der Waals surface area (Å²) in [5.41, 5.74) is 2.45. The van der Waals surface area contributed by atoms with Crippen LogP contribution in [-0.4, -0.2) is 21.5 Å². The first-order valence-electron chi connectivity index (χ1n) is 7.69. The third-order valence-electron chi connectivity index (χ3n) is 3.64. The van der Waals surface area contributed by atoms with Crippen LogP contribution < -0.4 is 5.32 Å². The number of nitrogens with zero attached hydrogens (tertiary/aromatic N) is 2. The van der Waals surface area contributed by atoms with E-state index < -0.39 is 10.8 Å². The second-order valence-corrected chi connectivity index (χ2v) is 6.96. The van der Waals surface area contributed by atoms with Crippen molar-refractivity contribution in [3.63, 3.8) is 0 Å². The molecule has 1 heterocycles. The zero-order chi connectivity index (χ0) is 16.8. The van der Waals surface area contributed by atoms with Crippen LogP contribution in [0.4, 0.5) is 5.82 Å². The van der Waals surface area contributed by atoms with Crippen LogP contribution in [0.3, 0.4) is 0 Å². The van der Waals surface area contributed by atoms with Gasteiger partial charge in [-0.15, -0.1) is 0 Å². The molecule has 0 bridgehead atoms. The number of hydrogen-bond donors (Lipinski definition) is 1. The highest BCUT2D eigenvalue weighted by atomic mass is 32.2. The van der Waals surface area contributed by atoms with Crippen molar-refractivity contribution < 1.29 is 4.21 Å². The summed E-state index contributed by atoms with van der Waals surface area (Å²) in [6.45, 7) is 0.551. The molecule has 1 aromatic heterocycles. The molecule has 1 atom stereocenters. The van der Waals surface area contributed by atoms with Crippen molar-refractivity contribution in [2.75, 3.05) is 17.6 Å². The van der Waals surface area contributed by atoms with Crippen molar-refractivity contribution in [2.24, 2.45) is 0 Å². The lowest BCUT2D eigenvalue weighted by Crippen LogP contribution is -2.13. The maximum absolute atomic E-state index is 12.1. The summed E-state index contributed by atoms with van der Waals surface area (Å²) >= 11 is 0. The topological polar surface area (TPSA) is 65.8 Å². The van der Waals surface area contributed by atoms with Gasteiger partial charge in [0, 0.05) is 34.2 Å². The van der Waals surface area contributed by atoms with Crippen molar-refractivity contribution in [3.05, 3.63) is 71.8 Å².